The fourth-order valence-electron chi connectivity index (χ4n) is 1.85. The summed E-state index contributed by atoms with van der Waals surface area (Å²) in [7, 11) is 0. The van der Waals surface area contributed by atoms with Gasteiger partial charge in [0.1, 0.15) is 0 Å². The van der Waals surface area contributed by atoms with Crippen molar-refractivity contribution in [3.63, 3.8) is 0 Å². The highest BCUT2D eigenvalue weighted by Gasteiger charge is 2.15. The Morgan fingerprint density at radius 1 is 1.56 bits per heavy atom. The van der Waals surface area contributed by atoms with Crippen molar-refractivity contribution in [2.75, 3.05) is 11.9 Å². The van der Waals surface area contributed by atoms with Crippen LogP contribution >= 0.6 is 11.6 Å². The van der Waals surface area contributed by atoms with Crippen molar-refractivity contribution >= 4 is 23.3 Å². The van der Waals surface area contributed by atoms with E-state index in [1.807, 2.05) is 0 Å². The third-order valence-corrected chi connectivity index (χ3v) is 2.93. The van der Waals surface area contributed by atoms with E-state index >= 15 is 0 Å². The number of hydrogen-bond acceptors (Lipinski definition) is 3. The van der Waals surface area contributed by atoms with Gasteiger partial charge in [-0.1, -0.05) is 25.4 Å². The molecule has 0 saturated heterocycles. The summed E-state index contributed by atoms with van der Waals surface area (Å²) in [5.41, 5.74) is 5.67. The molecule has 1 atom stereocenters. The number of aromatic nitrogens is 1. The molecular weight excluding hydrogens is 250 g/mol. The first-order valence-electron chi connectivity index (χ1n) is 6.13. The smallest absolute Gasteiger partial charge is 0.225 e. The third-order valence-electron chi connectivity index (χ3n) is 2.63. The van der Waals surface area contributed by atoms with Crippen LogP contribution in [0.15, 0.2) is 18.3 Å². The second kappa shape index (κ2) is 7.34. The Morgan fingerprint density at radius 2 is 2.28 bits per heavy atom. The van der Waals surface area contributed by atoms with E-state index in [1.54, 1.807) is 18.3 Å². The van der Waals surface area contributed by atoms with Gasteiger partial charge in [0.2, 0.25) is 5.91 Å². The Hall–Kier alpha value is -1.13. The minimum absolute atomic E-state index is 0.0910. The van der Waals surface area contributed by atoms with Gasteiger partial charge in [0, 0.05) is 12.6 Å². The molecule has 0 aliphatic heterocycles. The number of amides is 1. The van der Waals surface area contributed by atoms with Crippen molar-refractivity contribution < 1.29 is 4.79 Å². The summed E-state index contributed by atoms with van der Waals surface area (Å²) in [5.74, 6) is 1.05. The van der Waals surface area contributed by atoms with Gasteiger partial charge in [-0.2, -0.15) is 0 Å². The van der Waals surface area contributed by atoms with E-state index < -0.39 is 0 Å². The Morgan fingerprint density at radius 3 is 2.83 bits per heavy atom. The number of pyridine rings is 1. The third kappa shape index (κ3) is 5.02. The molecule has 0 aromatic carbocycles. The largest absolute Gasteiger partial charge is 0.330 e. The summed E-state index contributed by atoms with van der Waals surface area (Å²) in [4.78, 5) is 15.9. The van der Waals surface area contributed by atoms with Gasteiger partial charge in [-0.3, -0.25) is 4.79 Å². The highest BCUT2D eigenvalue weighted by molar-refractivity contribution is 6.33. The van der Waals surface area contributed by atoms with Gasteiger partial charge in [0.25, 0.3) is 0 Å². The van der Waals surface area contributed by atoms with E-state index in [9.17, 15) is 4.79 Å². The molecule has 0 saturated carbocycles. The van der Waals surface area contributed by atoms with Gasteiger partial charge in [0.05, 0.1) is 5.02 Å². The van der Waals surface area contributed by atoms with Crippen LogP contribution < -0.4 is 11.1 Å². The number of carbonyl (C=O) groups is 1. The van der Waals surface area contributed by atoms with Crippen molar-refractivity contribution in [3.05, 3.63) is 23.4 Å². The molecule has 0 radical (unpaired) electrons. The first kappa shape index (κ1) is 14.9. The first-order valence-corrected chi connectivity index (χ1v) is 6.51. The lowest BCUT2D eigenvalue weighted by Crippen LogP contribution is -2.23. The predicted octanol–water partition coefficient (Wildman–Crippen LogP) is 2.68. The van der Waals surface area contributed by atoms with Crippen molar-refractivity contribution in [2.45, 2.75) is 26.7 Å². The number of anilines is 1. The predicted molar refractivity (Wildman–Crippen MR) is 74.5 cm³/mol. The summed E-state index contributed by atoms with van der Waals surface area (Å²) < 4.78 is 0. The maximum absolute atomic E-state index is 11.9. The SMILES string of the molecule is CC(C)CC(CN)CC(=O)Nc1ncccc1Cl. The molecule has 1 unspecified atom stereocenters. The van der Waals surface area contributed by atoms with E-state index in [4.69, 9.17) is 17.3 Å². The summed E-state index contributed by atoms with van der Waals surface area (Å²) in [6, 6.07) is 3.41. The standard InChI is InChI=1S/C13H20ClN3O/c1-9(2)6-10(8-15)7-12(18)17-13-11(14)4-3-5-16-13/h3-5,9-10H,6-8,15H2,1-2H3,(H,16,17,18). The van der Waals surface area contributed by atoms with Gasteiger partial charge in [0.15, 0.2) is 5.82 Å². The molecule has 3 N–H and O–H groups in total. The summed E-state index contributed by atoms with van der Waals surface area (Å²) in [5, 5.41) is 3.15. The van der Waals surface area contributed by atoms with E-state index in [1.165, 1.54) is 0 Å². The molecule has 1 rings (SSSR count). The molecule has 0 aliphatic carbocycles. The molecule has 100 valence electrons. The van der Waals surface area contributed by atoms with Gasteiger partial charge in [-0.05, 0) is 36.9 Å². The maximum atomic E-state index is 11.9. The Labute approximate surface area is 113 Å². The van der Waals surface area contributed by atoms with Gasteiger partial charge < -0.3 is 11.1 Å². The molecule has 1 heterocycles. The van der Waals surface area contributed by atoms with Crippen LogP contribution in [-0.2, 0) is 4.79 Å². The molecule has 1 aromatic rings. The molecule has 1 amide bonds. The van der Waals surface area contributed by atoms with Crippen molar-refractivity contribution in [1.29, 1.82) is 0 Å². The number of halogens is 1. The van der Waals surface area contributed by atoms with E-state index in [0.717, 1.165) is 6.42 Å². The van der Waals surface area contributed by atoms with Crippen LogP contribution in [-0.4, -0.2) is 17.4 Å². The molecule has 0 aliphatic rings. The summed E-state index contributed by atoms with van der Waals surface area (Å²) >= 11 is 5.92. The average molecular weight is 270 g/mol. The molecule has 4 nitrogen and oxygen atoms in total. The molecule has 0 bridgehead atoms. The monoisotopic (exact) mass is 269 g/mol. The molecule has 0 spiro atoms. The Kier molecular flexibility index (Phi) is 6.09. The van der Waals surface area contributed by atoms with Crippen LogP contribution in [0.2, 0.25) is 5.02 Å². The van der Waals surface area contributed by atoms with E-state index in [-0.39, 0.29) is 11.8 Å². The highest BCUT2D eigenvalue weighted by atomic mass is 35.5. The number of nitrogens with two attached hydrogens (primary N) is 1. The minimum Gasteiger partial charge on any atom is -0.330 e. The Balaban J connectivity index is 2.53. The van der Waals surface area contributed by atoms with Crippen LogP contribution in [0.4, 0.5) is 5.82 Å². The van der Waals surface area contributed by atoms with E-state index in [2.05, 4.69) is 24.1 Å². The topological polar surface area (TPSA) is 68.0 Å². The lowest BCUT2D eigenvalue weighted by atomic mass is 9.94. The summed E-state index contributed by atoms with van der Waals surface area (Å²) in [6.07, 6.45) is 2.94. The molecule has 0 fully saturated rings. The molecule has 1 aromatic heterocycles. The average Bonchev–Trinajstić information content (AvgIpc) is 2.30. The molecule has 5 heteroatoms. The van der Waals surface area contributed by atoms with Crippen LogP contribution in [0.25, 0.3) is 0 Å². The summed E-state index contributed by atoms with van der Waals surface area (Å²) in [6.45, 7) is 4.76. The highest BCUT2D eigenvalue weighted by Crippen LogP contribution is 2.19. The second-order valence-corrected chi connectivity index (χ2v) is 5.22. The number of rotatable bonds is 6. The van der Waals surface area contributed by atoms with Crippen molar-refractivity contribution in [2.24, 2.45) is 17.6 Å². The zero-order valence-electron chi connectivity index (χ0n) is 10.8. The lowest BCUT2D eigenvalue weighted by Gasteiger charge is -2.16. The fourth-order valence-corrected chi connectivity index (χ4v) is 2.02. The zero-order chi connectivity index (χ0) is 13.5. The quantitative estimate of drug-likeness (QED) is 0.834. The van der Waals surface area contributed by atoms with Crippen LogP contribution in [0.1, 0.15) is 26.7 Å². The molecular formula is C13H20ClN3O. The van der Waals surface area contributed by atoms with Crippen molar-refractivity contribution in [3.8, 4) is 0 Å². The molecule has 18 heavy (non-hydrogen) atoms. The maximum Gasteiger partial charge on any atom is 0.225 e. The van der Waals surface area contributed by atoms with Crippen LogP contribution in [0.3, 0.4) is 0 Å². The number of carbonyl (C=O) groups excluding carboxylic acids is 1. The number of nitrogens with one attached hydrogen (secondary N) is 1. The van der Waals surface area contributed by atoms with Crippen LogP contribution in [0, 0.1) is 11.8 Å². The normalized spacial score (nSPS) is 12.5. The minimum atomic E-state index is -0.0910. The fraction of sp³-hybridized carbons (Fsp3) is 0.538. The number of nitrogens with zero attached hydrogens (tertiary/aromatic N) is 1. The first-order chi connectivity index (χ1) is 8.52. The van der Waals surface area contributed by atoms with Crippen molar-refractivity contribution in [1.82, 2.24) is 4.98 Å². The van der Waals surface area contributed by atoms with Gasteiger partial charge in [-0.25, -0.2) is 4.98 Å². The zero-order valence-corrected chi connectivity index (χ0v) is 11.6. The second-order valence-electron chi connectivity index (χ2n) is 4.82. The van der Waals surface area contributed by atoms with E-state index in [0.29, 0.717) is 29.7 Å². The number of hydrogen-bond donors (Lipinski definition) is 2. The van der Waals surface area contributed by atoms with Gasteiger partial charge >= 0.3 is 0 Å². The lowest BCUT2D eigenvalue weighted by molar-refractivity contribution is -0.117. The Bertz CT molecular complexity index is 396. The van der Waals surface area contributed by atoms with Gasteiger partial charge in [-0.15, -0.1) is 0 Å². The van der Waals surface area contributed by atoms with Crippen LogP contribution in [0.5, 0.6) is 0 Å².